The summed E-state index contributed by atoms with van der Waals surface area (Å²) in [6.45, 7) is 1.51. The van der Waals surface area contributed by atoms with Crippen LogP contribution in [0.25, 0.3) is 0 Å². The van der Waals surface area contributed by atoms with Crippen LogP contribution in [0.3, 0.4) is 0 Å². The number of nitrogens with two attached hydrogens (primary N) is 3. The van der Waals surface area contributed by atoms with Gasteiger partial charge in [0.05, 0.1) is 6.04 Å². The lowest BCUT2D eigenvalue weighted by molar-refractivity contribution is -0.141. The molecule has 0 saturated carbocycles. The van der Waals surface area contributed by atoms with Crippen molar-refractivity contribution in [3.63, 3.8) is 0 Å². The summed E-state index contributed by atoms with van der Waals surface area (Å²) >= 11 is 0. The smallest absolute Gasteiger partial charge is 0.325 e. The standard InChI is InChI=1S/C27H37N7O5/c1-17(26(38)39)32-24(36)21(13-8-14-31-27(29)30)33-25(37)22(16-19-11-6-3-7-12-19)34-23(35)20(28)15-18-9-4-2-5-10-18/h2-7,9-12,17,20-22H,8,13-16,28H2,1H3,(H,32,36)(H,33,37)(H,34,35)(H,38,39)(H4,29,30,31). The van der Waals surface area contributed by atoms with Crippen LogP contribution in [0.2, 0.25) is 0 Å². The molecule has 10 N–H and O–H groups in total. The Labute approximate surface area is 227 Å². The molecule has 210 valence electrons. The fourth-order valence-electron chi connectivity index (χ4n) is 3.72. The van der Waals surface area contributed by atoms with E-state index in [2.05, 4.69) is 20.9 Å². The van der Waals surface area contributed by atoms with E-state index in [0.717, 1.165) is 11.1 Å². The number of hydrogen-bond acceptors (Lipinski definition) is 6. The maximum absolute atomic E-state index is 13.4. The second kappa shape index (κ2) is 15.7. The molecule has 0 spiro atoms. The first-order valence-electron chi connectivity index (χ1n) is 12.6. The zero-order chi connectivity index (χ0) is 28.8. The lowest BCUT2D eigenvalue weighted by Crippen LogP contribution is -2.57. The Morgan fingerprint density at radius 3 is 1.85 bits per heavy atom. The lowest BCUT2D eigenvalue weighted by Gasteiger charge is -2.25. The molecule has 39 heavy (non-hydrogen) atoms. The number of amides is 3. The molecule has 4 unspecified atom stereocenters. The van der Waals surface area contributed by atoms with E-state index < -0.39 is 47.9 Å². The Morgan fingerprint density at radius 1 is 0.795 bits per heavy atom. The Bertz CT molecular complexity index is 1120. The monoisotopic (exact) mass is 539 g/mol. The fraction of sp³-hybridized carbons (Fsp3) is 0.370. The number of rotatable bonds is 15. The van der Waals surface area contributed by atoms with E-state index >= 15 is 0 Å². The van der Waals surface area contributed by atoms with E-state index in [1.165, 1.54) is 6.92 Å². The van der Waals surface area contributed by atoms with Gasteiger partial charge in [0.1, 0.15) is 18.1 Å². The van der Waals surface area contributed by atoms with Crippen molar-refractivity contribution >= 4 is 29.7 Å². The number of nitrogens with zero attached hydrogens (tertiary/aromatic N) is 1. The number of aliphatic imine (C=N–C) groups is 1. The molecule has 12 nitrogen and oxygen atoms in total. The van der Waals surface area contributed by atoms with Crippen LogP contribution < -0.4 is 33.2 Å². The van der Waals surface area contributed by atoms with E-state index in [1.54, 1.807) is 12.1 Å². The van der Waals surface area contributed by atoms with Crippen LogP contribution in [0.4, 0.5) is 0 Å². The van der Waals surface area contributed by atoms with Gasteiger partial charge in [-0.3, -0.25) is 24.2 Å². The van der Waals surface area contributed by atoms with Gasteiger partial charge < -0.3 is 38.3 Å². The maximum Gasteiger partial charge on any atom is 0.325 e. The van der Waals surface area contributed by atoms with Crippen LogP contribution >= 0.6 is 0 Å². The second-order valence-electron chi connectivity index (χ2n) is 9.13. The summed E-state index contributed by atoms with van der Waals surface area (Å²) in [5, 5.41) is 16.9. The van der Waals surface area contributed by atoms with Crippen molar-refractivity contribution in [3.05, 3.63) is 71.8 Å². The summed E-state index contributed by atoms with van der Waals surface area (Å²) in [4.78, 5) is 54.3. The number of carboxylic acid groups (broad SMARTS) is 1. The average Bonchev–Trinajstić information content (AvgIpc) is 2.90. The highest BCUT2D eigenvalue weighted by molar-refractivity contribution is 5.94. The number of benzene rings is 2. The minimum Gasteiger partial charge on any atom is -0.480 e. The highest BCUT2D eigenvalue weighted by Gasteiger charge is 2.29. The molecule has 2 rings (SSSR count). The first-order valence-corrected chi connectivity index (χ1v) is 12.6. The van der Waals surface area contributed by atoms with Crippen molar-refractivity contribution in [2.45, 2.75) is 56.8 Å². The van der Waals surface area contributed by atoms with Crippen LogP contribution in [0.5, 0.6) is 0 Å². The van der Waals surface area contributed by atoms with E-state index in [9.17, 15) is 24.3 Å². The lowest BCUT2D eigenvalue weighted by atomic mass is 10.0. The number of nitrogens with one attached hydrogen (secondary N) is 3. The third-order valence-electron chi connectivity index (χ3n) is 5.86. The largest absolute Gasteiger partial charge is 0.480 e. The van der Waals surface area contributed by atoms with E-state index in [-0.39, 0.29) is 31.8 Å². The SMILES string of the molecule is CC(NC(=O)C(CCCN=C(N)N)NC(=O)C(Cc1ccccc1)NC(=O)C(N)Cc1ccccc1)C(=O)O. The Balaban J connectivity index is 2.19. The molecule has 2 aromatic rings. The number of guanidine groups is 1. The molecule has 0 radical (unpaired) electrons. The van der Waals surface area contributed by atoms with Gasteiger partial charge in [0.25, 0.3) is 0 Å². The van der Waals surface area contributed by atoms with Crippen molar-refractivity contribution in [2.24, 2.45) is 22.2 Å². The van der Waals surface area contributed by atoms with Crippen LogP contribution in [0.1, 0.15) is 30.9 Å². The third-order valence-corrected chi connectivity index (χ3v) is 5.86. The van der Waals surface area contributed by atoms with Crippen molar-refractivity contribution in [1.29, 1.82) is 0 Å². The Hall–Kier alpha value is -4.45. The van der Waals surface area contributed by atoms with Gasteiger partial charge in [-0.2, -0.15) is 0 Å². The van der Waals surface area contributed by atoms with Crippen LogP contribution in [-0.4, -0.2) is 65.5 Å². The Kier molecular flexibility index (Phi) is 12.4. The molecule has 2 aromatic carbocycles. The summed E-state index contributed by atoms with van der Waals surface area (Å²) in [7, 11) is 0. The summed E-state index contributed by atoms with van der Waals surface area (Å²) in [5.74, 6) is -3.17. The van der Waals surface area contributed by atoms with Crippen molar-refractivity contribution in [3.8, 4) is 0 Å². The predicted octanol–water partition coefficient (Wildman–Crippen LogP) is -0.588. The zero-order valence-electron chi connectivity index (χ0n) is 21.9. The van der Waals surface area contributed by atoms with Crippen molar-refractivity contribution < 1.29 is 24.3 Å². The maximum atomic E-state index is 13.4. The summed E-state index contributed by atoms with van der Waals surface area (Å²) in [5.41, 5.74) is 18.5. The van der Waals surface area contributed by atoms with Crippen LogP contribution in [0.15, 0.2) is 65.7 Å². The molecule has 0 bridgehead atoms. The van der Waals surface area contributed by atoms with Gasteiger partial charge in [-0.25, -0.2) is 0 Å². The van der Waals surface area contributed by atoms with Gasteiger partial charge in [0.15, 0.2) is 5.96 Å². The molecule has 0 aliphatic heterocycles. The number of carbonyl (C=O) groups excluding carboxylic acids is 3. The quantitative estimate of drug-likeness (QED) is 0.0880. The van der Waals surface area contributed by atoms with E-state index in [1.807, 2.05) is 48.5 Å². The molecule has 0 saturated heterocycles. The van der Waals surface area contributed by atoms with Gasteiger partial charge in [0, 0.05) is 13.0 Å². The molecule has 0 aromatic heterocycles. The second-order valence-corrected chi connectivity index (χ2v) is 9.13. The number of carboxylic acids is 1. The fourth-order valence-corrected chi connectivity index (χ4v) is 3.72. The van der Waals surface area contributed by atoms with Crippen molar-refractivity contribution in [1.82, 2.24) is 16.0 Å². The van der Waals surface area contributed by atoms with Crippen molar-refractivity contribution in [2.75, 3.05) is 6.54 Å². The highest BCUT2D eigenvalue weighted by atomic mass is 16.4. The van der Waals surface area contributed by atoms with Crippen LogP contribution in [-0.2, 0) is 32.0 Å². The van der Waals surface area contributed by atoms with Gasteiger partial charge >= 0.3 is 5.97 Å². The molecular formula is C27H37N7O5. The molecule has 3 amide bonds. The summed E-state index contributed by atoms with van der Waals surface area (Å²) < 4.78 is 0. The molecule has 0 heterocycles. The first kappa shape index (κ1) is 30.8. The first-order chi connectivity index (χ1) is 18.6. The third kappa shape index (κ3) is 11.2. The van der Waals surface area contributed by atoms with E-state index in [4.69, 9.17) is 17.2 Å². The number of hydrogen-bond donors (Lipinski definition) is 7. The summed E-state index contributed by atoms with van der Waals surface area (Å²) in [6.07, 6.45) is 0.870. The zero-order valence-corrected chi connectivity index (χ0v) is 21.9. The van der Waals surface area contributed by atoms with Gasteiger partial charge in [-0.05, 0) is 37.3 Å². The van der Waals surface area contributed by atoms with Gasteiger partial charge in [-0.15, -0.1) is 0 Å². The molecule has 12 heteroatoms. The van der Waals surface area contributed by atoms with Gasteiger partial charge in [0.2, 0.25) is 17.7 Å². The molecule has 0 aliphatic rings. The highest BCUT2D eigenvalue weighted by Crippen LogP contribution is 2.08. The normalized spacial score (nSPS) is 13.7. The minimum atomic E-state index is -1.23. The molecule has 0 aliphatic carbocycles. The number of aliphatic carboxylic acids is 1. The number of carbonyl (C=O) groups is 4. The average molecular weight is 540 g/mol. The minimum absolute atomic E-state index is 0.114. The van der Waals surface area contributed by atoms with Gasteiger partial charge in [-0.1, -0.05) is 60.7 Å². The molecular weight excluding hydrogens is 502 g/mol. The molecule has 0 fully saturated rings. The predicted molar refractivity (Wildman–Crippen MR) is 147 cm³/mol. The summed E-state index contributed by atoms with van der Waals surface area (Å²) in [6, 6.07) is 14.1. The topological polar surface area (TPSA) is 215 Å². The Morgan fingerprint density at radius 2 is 1.31 bits per heavy atom. The molecule has 4 atom stereocenters. The van der Waals surface area contributed by atoms with E-state index in [0.29, 0.717) is 6.42 Å². The van der Waals surface area contributed by atoms with Crippen LogP contribution in [0, 0.1) is 0 Å².